The Morgan fingerprint density at radius 2 is 1.90 bits per heavy atom. The Labute approximate surface area is 129 Å². The van der Waals surface area contributed by atoms with Crippen molar-refractivity contribution < 1.29 is 0 Å². The molecule has 0 saturated heterocycles. The van der Waals surface area contributed by atoms with Gasteiger partial charge in [0.25, 0.3) is 0 Å². The maximum atomic E-state index is 6.41. The smallest absolute Gasteiger partial charge is 0.0347 e. The van der Waals surface area contributed by atoms with Crippen LogP contribution >= 0.6 is 15.9 Å². The van der Waals surface area contributed by atoms with E-state index in [2.05, 4.69) is 59.3 Å². The normalized spacial score (nSPS) is 15.2. The molecule has 20 heavy (non-hydrogen) atoms. The van der Waals surface area contributed by atoms with Crippen molar-refractivity contribution in [3.63, 3.8) is 0 Å². The van der Waals surface area contributed by atoms with Crippen LogP contribution in [0.5, 0.6) is 0 Å². The van der Waals surface area contributed by atoms with Crippen molar-refractivity contribution in [1.29, 1.82) is 0 Å². The summed E-state index contributed by atoms with van der Waals surface area (Å²) in [6.45, 7) is 2.11. The zero-order valence-corrected chi connectivity index (χ0v) is 13.4. The molecule has 0 fully saturated rings. The van der Waals surface area contributed by atoms with Gasteiger partial charge in [-0.05, 0) is 60.9 Å². The molecule has 2 aromatic carbocycles. The van der Waals surface area contributed by atoms with Crippen molar-refractivity contribution in [3.05, 3.63) is 68.7 Å². The molecule has 0 bridgehead atoms. The minimum atomic E-state index is 0.0451. The molecule has 0 aliphatic heterocycles. The summed E-state index contributed by atoms with van der Waals surface area (Å²) >= 11 is 3.61. The van der Waals surface area contributed by atoms with Crippen molar-refractivity contribution in [3.8, 4) is 0 Å². The van der Waals surface area contributed by atoms with E-state index in [1.54, 1.807) is 0 Å². The Morgan fingerprint density at radius 3 is 2.75 bits per heavy atom. The molecule has 1 unspecified atom stereocenters. The quantitative estimate of drug-likeness (QED) is 0.882. The van der Waals surface area contributed by atoms with E-state index in [0.717, 1.165) is 10.9 Å². The van der Waals surface area contributed by atoms with Gasteiger partial charge in [0.2, 0.25) is 0 Å². The first-order valence-corrected chi connectivity index (χ1v) is 8.05. The van der Waals surface area contributed by atoms with E-state index in [4.69, 9.17) is 5.73 Å². The Bertz CT molecular complexity index is 633. The van der Waals surface area contributed by atoms with Gasteiger partial charge in [-0.1, -0.05) is 51.8 Å². The van der Waals surface area contributed by atoms with Crippen molar-refractivity contribution in [2.24, 2.45) is 5.73 Å². The fourth-order valence-electron chi connectivity index (χ4n) is 3.06. The van der Waals surface area contributed by atoms with E-state index in [0.29, 0.717) is 0 Å². The van der Waals surface area contributed by atoms with E-state index >= 15 is 0 Å². The number of aryl methyl sites for hydroxylation is 3. The summed E-state index contributed by atoms with van der Waals surface area (Å²) < 4.78 is 1.11. The standard InChI is InChI=1S/C18H20BrN/c1-12-5-8-17(19)16(9-12)18(20)11-13-6-7-14-3-2-4-15(14)10-13/h5-10,18H,2-4,11,20H2,1H3. The molecular weight excluding hydrogens is 310 g/mol. The Hall–Kier alpha value is -1.12. The van der Waals surface area contributed by atoms with Crippen LogP contribution in [0.15, 0.2) is 40.9 Å². The maximum absolute atomic E-state index is 6.41. The first-order chi connectivity index (χ1) is 9.63. The van der Waals surface area contributed by atoms with Gasteiger partial charge in [-0.2, -0.15) is 0 Å². The lowest BCUT2D eigenvalue weighted by atomic mass is 9.96. The van der Waals surface area contributed by atoms with E-state index in [9.17, 15) is 0 Å². The first kappa shape index (κ1) is 13.8. The van der Waals surface area contributed by atoms with Crippen LogP contribution in [0.2, 0.25) is 0 Å². The van der Waals surface area contributed by atoms with Crippen LogP contribution in [0.4, 0.5) is 0 Å². The van der Waals surface area contributed by atoms with Crippen LogP contribution in [-0.4, -0.2) is 0 Å². The van der Waals surface area contributed by atoms with E-state index < -0.39 is 0 Å². The second-order valence-electron chi connectivity index (χ2n) is 5.79. The van der Waals surface area contributed by atoms with Crippen molar-refractivity contribution in [1.82, 2.24) is 0 Å². The lowest BCUT2D eigenvalue weighted by Gasteiger charge is -2.15. The molecule has 2 N–H and O–H groups in total. The average molecular weight is 330 g/mol. The molecule has 0 spiro atoms. The lowest BCUT2D eigenvalue weighted by molar-refractivity contribution is 0.717. The third-order valence-corrected chi connectivity index (χ3v) is 4.89. The molecular formula is C18H20BrN. The van der Waals surface area contributed by atoms with Gasteiger partial charge in [-0.15, -0.1) is 0 Å². The van der Waals surface area contributed by atoms with E-state index in [-0.39, 0.29) is 6.04 Å². The van der Waals surface area contributed by atoms with Crippen LogP contribution in [0, 0.1) is 6.92 Å². The van der Waals surface area contributed by atoms with Gasteiger partial charge in [0.1, 0.15) is 0 Å². The number of nitrogens with two attached hydrogens (primary N) is 1. The molecule has 0 aromatic heterocycles. The summed E-state index contributed by atoms with van der Waals surface area (Å²) in [6.07, 6.45) is 4.67. The number of benzene rings is 2. The highest BCUT2D eigenvalue weighted by Crippen LogP contribution is 2.28. The summed E-state index contributed by atoms with van der Waals surface area (Å²) in [7, 11) is 0. The van der Waals surface area contributed by atoms with Crippen molar-refractivity contribution in [2.45, 2.75) is 38.6 Å². The molecule has 0 saturated carbocycles. The van der Waals surface area contributed by atoms with E-state index in [1.165, 1.54) is 47.1 Å². The zero-order valence-electron chi connectivity index (χ0n) is 11.8. The number of hydrogen-bond donors (Lipinski definition) is 1. The van der Waals surface area contributed by atoms with Gasteiger partial charge in [-0.3, -0.25) is 0 Å². The van der Waals surface area contributed by atoms with Crippen LogP contribution in [-0.2, 0) is 19.3 Å². The topological polar surface area (TPSA) is 26.0 Å². The van der Waals surface area contributed by atoms with Gasteiger partial charge < -0.3 is 5.73 Å². The molecule has 0 amide bonds. The predicted molar refractivity (Wildman–Crippen MR) is 88.0 cm³/mol. The van der Waals surface area contributed by atoms with E-state index in [1.807, 2.05) is 0 Å². The highest BCUT2D eigenvalue weighted by molar-refractivity contribution is 9.10. The molecule has 1 nitrogen and oxygen atoms in total. The van der Waals surface area contributed by atoms with Crippen LogP contribution < -0.4 is 5.73 Å². The van der Waals surface area contributed by atoms with Gasteiger partial charge in [0.05, 0.1) is 0 Å². The highest BCUT2D eigenvalue weighted by atomic mass is 79.9. The molecule has 0 heterocycles. The maximum Gasteiger partial charge on any atom is 0.0347 e. The summed E-state index contributed by atoms with van der Waals surface area (Å²) in [5, 5.41) is 0. The minimum absolute atomic E-state index is 0.0451. The summed E-state index contributed by atoms with van der Waals surface area (Å²) in [6, 6.07) is 13.3. The van der Waals surface area contributed by atoms with Crippen LogP contribution in [0.1, 0.15) is 40.3 Å². The average Bonchev–Trinajstić information content (AvgIpc) is 2.89. The number of hydrogen-bond acceptors (Lipinski definition) is 1. The Morgan fingerprint density at radius 1 is 1.10 bits per heavy atom. The van der Waals surface area contributed by atoms with Gasteiger partial charge >= 0.3 is 0 Å². The molecule has 2 aromatic rings. The number of fused-ring (bicyclic) bond motifs is 1. The van der Waals surface area contributed by atoms with Gasteiger partial charge in [0, 0.05) is 10.5 Å². The molecule has 1 aliphatic rings. The van der Waals surface area contributed by atoms with Crippen LogP contribution in [0.25, 0.3) is 0 Å². The molecule has 0 radical (unpaired) electrons. The fraction of sp³-hybridized carbons (Fsp3) is 0.333. The minimum Gasteiger partial charge on any atom is -0.324 e. The lowest BCUT2D eigenvalue weighted by Crippen LogP contribution is -2.14. The SMILES string of the molecule is Cc1ccc(Br)c(C(N)Cc2ccc3c(c2)CCC3)c1. The third kappa shape index (κ3) is 2.82. The van der Waals surface area contributed by atoms with Gasteiger partial charge in [0.15, 0.2) is 0 Å². The molecule has 2 heteroatoms. The summed E-state index contributed by atoms with van der Waals surface area (Å²) in [4.78, 5) is 0. The summed E-state index contributed by atoms with van der Waals surface area (Å²) in [5.74, 6) is 0. The third-order valence-electron chi connectivity index (χ3n) is 4.17. The van der Waals surface area contributed by atoms with Gasteiger partial charge in [-0.25, -0.2) is 0 Å². The largest absolute Gasteiger partial charge is 0.324 e. The molecule has 3 rings (SSSR count). The fourth-order valence-corrected chi connectivity index (χ4v) is 3.60. The van der Waals surface area contributed by atoms with Crippen LogP contribution in [0.3, 0.4) is 0 Å². The first-order valence-electron chi connectivity index (χ1n) is 7.26. The Kier molecular flexibility index (Phi) is 3.95. The van der Waals surface area contributed by atoms with Crippen molar-refractivity contribution in [2.75, 3.05) is 0 Å². The molecule has 1 aliphatic carbocycles. The zero-order chi connectivity index (χ0) is 14.1. The summed E-state index contributed by atoms with van der Waals surface area (Å²) in [5.41, 5.74) is 13.3. The molecule has 1 atom stereocenters. The number of rotatable bonds is 3. The number of halogens is 1. The van der Waals surface area contributed by atoms with Crippen molar-refractivity contribution >= 4 is 15.9 Å². The predicted octanol–water partition coefficient (Wildman–Crippen LogP) is 4.49. The molecule has 104 valence electrons. The Balaban J connectivity index is 1.82. The second kappa shape index (κ2) is 5.71. The monoisotopic (exact) mass is 329 g/mol. The second-order valence-corrected chi connectivity index (χ2v) is 6.65. The highest BCUT2D eigenvalue weighted by Gasteiger charge is 2.14.